The number of carbonyl (C=O) groups is 1. The van der Waals surface area contributed by atoms with Crippen LogP contribution in [0.25, 0.3) is 17.7 Å². The number of piperidine rings is 1. The van der Waals surface area contributed by atoms with Gasteiger partial charge in [0.1, 0.15) is 0 Å². The average Bonchev–Trinajstić information content (AvgIpc) is 2.84. The number of hydrogen-bond donors (Lipinski definition) is 0. The van der Waals surface area contributed by atoms with Crippen LogP contribution in [0, 0.1) is 0 Å². The number of carbonyl (C=O) groups excluding carboxylic acids is 1. The molecule has 4 rings (SSSR count). The molecule has 2 heterocycles. The SMILES string of the molecule is CCOC(=O)N1CCC(=C2c3ccc(Cl)cc3C=Cc3cc(Br)cnc32)CC1. The number of pyridine rings is 1. The van der Waals surface area contributed by atoms with Gasteiger partial charge in [-0.2, -0.15) is 0 Å². The second-order valence-corrected chi connectivity index (χ2v) is 8.17. The molecule has 28 heavy (non-hydrogen) atoms. The Kier molecular flexibility index (Phi) is 5.56. The summed E-state index contributed by atoms with van der Waals surface area (Å²) >= 11 is 9.78. The highest BCUT2D eigenvalue weighted by Crippen LogP contribution is 2.39. The topological polar surface area (TPSA) is 42.4 Å². The van der Waals surface area contributed by atoms with Gasteiger partial charge in [-0.3, -0.25) is 4.98 Å². The first-order valence-electron chi connectivity index (χ1n) is 9.34. The number of amides is 1. The van der Waals surface area contributed by atoms with Gasteiger partial charge >= 0.3 is 6.09 Å². The first-order valence-corrected chi connectivity index (χ1v) is 10.5. The van der Waals surface area contributed by atoms with Gasteiger partial charge < -0.3 is 9.64 Å². The van der Waals surface area contributed by atoms with Crippen molar-refractivity contribution in [3.63, 3.8) is 0 Å². The minimum Gasteiger partial charge on any atom is -0.450 e. The maximum absolute atomic E-state index is 12.1. The number of aromatic nitrogens is 1. The number of fused-ring (bicyclic) bond motifs is 2. The van der Waals surface area contributed by atoms with Crippen molar-refractivity contribution in [2.75, 3.05) is 19.7 Å². The fraction of sp³-hybridized carbons (Fsp3) is 0.273. The van der Waals surface area contributed by atoms with Crippen molar-refractivity contribution in [2.24, 2.45) is 0 Å². The molecule has 2 aliphatic rings. The Hall–Kier alpha value is -2.11. The summed E-state index contributed by atoms with van der Waals surface area (Å²) in [6.07, 6.45) is 7.38. The molecule has 0 saturated carbocycles. The summed E-state index contributed by atoms with van der Waals surface area (Å²) in [6.45, 7) is 3.53. The molecular weight excluding hydrogens is 440 g/mol. The summed E-state index contributed by atoms with van der Waals surface area (Å²) in [5.74, 6) is 0. The molecule has 0 spiro atoms. The number of halogens is 2. The van der Waals surface area contributed by atoms with E-state index in [9.17, 15) is 4.79 Å². The zero-order chi connectivity index (χ0) is 19.7. The van der Waals surface area contributed by atoms with Gasteiger partial charge in [-0.05, 0) is 65.0 Å². The second kappa shape index (κ2) is 8.10. The highest BCUT2D eigenvalue weighted by molar-refractivity contribution is 9.10. The number of hydrogen-bond acceptors (Lipinski definition) is 3. The van der Waals surface area contributed by atoms with Crippen molar-refractivity contribution >= 4 is 51.3 Å². The van der Waals surface area contributed by atoms with E-state index in [4.69, 9.17) is 21.3 Å². The minimum absolute atomic E-state index is 0.233. The molecular formula is C22H20BrClN2O2. The van der Waals surface area contributed by atoms with Gasteiger partial charge in [-0.15, -0.1) is 0 Å². The van der Waals surface area contributed by atoms with Crippen LogP contribution in [0.1, 0.15) is 42.1 Å². The molecule has 1 aromatic carbocycles. The van der Waals surface area contributed by atoms with Crippen LogP contribution in [-0.2, 0) is 4.74 Å². The van der Waals surface area contributed by atoms with Crippen molar-refractivity contribution in [1.82, 2.24) is 9.88 Å². The molecule has 144 valence electrons. The largest absolute Gasteiger partial charge is 0.450 e. The molecule has 1 saturated heterocycles. The third-order valence-electron chi connectivity index (χ3n) is 5.09. The first-order chi connectivity index (χ1) is 13.6. The summed E-state index contributed by atoms with van der Waals surface area (Å²) < 4.78 is 6.10. The fourth-order valence-corrected chi connectivity index (χ4v) is 4.31. The maximum Gasteiger partial charge on any atom is 0.409 e. The Morgan fingerprint density at radius 3 is 2.71 bits per heavy atom. The molecule has 0 N–H and O–H groups in total. The zero-order valence-corrected chi connectivity index (χ0v) is 17.9. The number of likely N-dealkylation sites (tertiary alicyclic amines) is 1. The van der Waals surface area contributed by atoms with Crippen LogP contribution in [0.5, 0.6) is 0 Å². The van der Waals surface area contributed by atoms with E-state index in [0.29, 0.717) is 24.7 Å². The number of nitrogens with zero attached hydrogens (tertiary/aromatic N) is 2. The number of ether oxygens (including phenoxy) is 1. The Morgan fingerprint density at radius 2 is 1.96 bits per heavy atom. The zero-order valence-electron chi connectivity index (χ0n) is 15.5. The molecule has 6 heteroatoms. The van der Waals surface area contributed by atoms with Gasteiger partial charge in [0.05, 0.1) is 12.3 Å². The number of rotatable bonds is 1. The van der Waals surface area contributed by atoms with E-state index in [-0.39, 0.29) is 6.09 Å². The monoisotopic (exact) mass is 458 g/mol. The fourth-order valence-electron chi connectivity index (χ4n) is 3.78. The predicted octanol–water partition coefficient (Wildman–Crippen LogP) is 6.04. The lowest BCUT2D eigenvalue weighted by Crippen LogP contribution is -2.37. The van der Waals surface area contributed by atoms with Crippen LogP contribution in [0.15, 0.2) is 40.5 Å². The molecule has 0 unspecified atom stereocenters. The van der Waals surface area contributed by atoms with Crippen LogP contribution >= 0.6 is 27.5 Å². The predicted molar refractivity (Wildman–Crippen MR) is 116 cm³/mol. The van der Waals surface area contributed by atoms with E-state index in [1.54, 1.807) is 4.90 Å². The molecule has 1 aliphatic heterocycles. The Labute approximate surface area is 178 Å². The minimum atomic E-state index is -0.233. The molecule has 1 aromatic heterocycles. The van der Waals surface area contributed by atoms with E-state index < -0.39 is 0 Å². The van der Waals surface area contributed by atoms with Crippen LogP contribution in [-0.4, -0.2) is 35.7 Å². The van der Waals surface area contributed by atoms with Crippen LogP contribution in [0.4, 0.5) is 4.79 Å². The van der Waals surface area contributed by atoms with Gasteiger partial charge in [-0.1, -0.05) is 35.4 Å². The van der Waals surface area contributed by atoms with Crippen LogP contribution < -0.4 is 0 Å². The number of benzene rings is 1. The van der Waals surface area contributed by atoms with E-state index in [1.807, 2.05) is 25.3 Å². The standard InChI is InChI=1S/C22H20BrClN2O2/c1-2-28-22(27)26-9-7-14(8-10-26)20-19-6-5-18(24)12-15(19)3-4-16-11-17(23)13-25-21(16)20/h3-6,11-13H,2,7-10H2,1H3. The quantitative estimate of drug-likeness (QED) is 0.446. The average molecular weight is 460 g/mol. The van der Waals surface area contributed by atoms with E-state index >= 15 is 0 Å². The lowest BCUT2D eigenvalue weighted by Gasteiger charge is -2.29. The maximum atomic E-state index is 12.1. The van der Waals surface area contributed by atoms with Crippen molar-refractivity contribution in [2.45, 2.75) is 19.8 Å². The van der Waals surface area contributed by atoms with Gasteiger partial charge in [0.15, 0.2) is 0 Å². The summed E-state index contributed by atoms with van der Waals surface area (Å²) in [4.78, 5) is 18.6. The van der Waals surface area contributed by atoms with Gasteiger partial charge in [0.25, 0.3) is 0 Å². The van der Waals surface area contributed by atoms with E-state index in [1.165, 1.54) is 5.57 Å². The first kappa shape index (κ1) is 19.2. The molecule has 1 amide bonds. The molecule has 1 aliphatic carbocycles. The molecule has 0 bridgehead atoms. The molecule has 1 fully saturated rings. The molecule has 2 aromatic rings. The molecule has 0 atom stereocenters. The Balaban J connectivity index is 1.79. The normalized spacial score (nSPS) is 15.8. The Morgan fingerprint density at radius 1 is 1.21 bits per heavy atom. The molecule has 0 radical (unpaired) electrons. The van der Waals surface area contributed by atoms with E-state index in [2.05, 4.69) is 40.2 Å². The van der Waals surface area contributed by atoms with Crippen molar-refractivity contribution in [1.29, 1.82) is 0 Å². The lowest BCUT2D eigenvalue weighted by molar-refractivity contribution is 0.104. The summed E-state index contributed by atoms with van der Waals surface area (Å²) in [5, 5.41) is 0.713. The van der Waals surface area contributed by atoms with Crippen LogP contribution in [0.2, 0.25) is 5.02 Å². The molecule has 4 nitrogen and oxygen atoms in total. The van der Waals surface area contributed by atoms with E-state index in [0.717, 1.165) is 45.3 Å². The summed E-state index contributed by atoms with van der Waals surface area (Å²) in [5.41, 5.74) is 6.72. The lowest BCUT2D eigenvalue weighted by atomic mass is 9.88. The van der Waals surface area contributed by atoms with Gasteiger partial charge in [0, 0.05) is 39.9 Å². The van der Waals surface area contributed by atoms with Crippen LogP contribution in [0.3, 0.4) is 0 Å². The highest BCUT2D eigenvalue weighted by atomic mass is 79.9. The van der Waals surface area contributed by atoms with Crippen molar-refractivity contribution < 1.29 is 9.53 Å². The summed E-state index contributed by atoms with van der Waals surface area (Å²) in [7, 11) is 0. The van der Waals surface area contributed by atoms with Crippen molar-refractivity contribution in [3.8, 4) is 0 Å². The Bertz CT molecular complexity index is 933. The van der Waals surface area contributed by atoms with Gasteiger partial charge in [-0.25, -0.2) is 4.79 Å². The smallest absolute Gasteiger partial charge is 0.409 e. The summed E-state index contributed by atoms with van der Waals surface area (Å²) in [6, 6.07) is 8.07. The van der Waals surface area contributed by atoms with Crippen molar-refractivity contribution in [3.05, 3.63) is 67.9 Å². The van der Waals surface area contributed by atoms with Gasteiger partial charge in [0.2, 0.25) is 0 Å². The third kappa shape index (κ3) is 3.74. The second-order valence-electron chi connectivity index (χ2n) is 6.82. The third-order valence-corrected chi connectivity index (χ3v) is 5.76. The highest BCUT2D eigenvalue weighted by Gasteiger charge is 2.26.